The van der Waals surface area contributed by atoms with Gasteiger partial charge in [-0.1, -0.05) is 27.7 Å². The van der Waals surface area contributed by atoms with Crippen molar-refractivity contribution in [2.75, 3.05) is 34.4 Å². The van der Waals surface area contributed by atoms with E-state index in [0.29, 0.717) is 12.3 Å². The van der Waals surface area contributed by atoms with Crippen LogP contribution in [0.25, 0.3) is 0 Å². The molecule has 3 rings (SSSR count). The van der Waals surface area contributed by atoms with Gasteiger partial charge in [0.05, 0.1) is 35.4 Å². The predicted octanol–water partition coefficient (Wildman–Crippen LogP) is 3.38. The van der Waals surface area contributed by atoms with Gasteiger partial charge in [-0.05, 0) is 67.0 Å². The Morgan fingerprint density at radius 3 is 2.23 bits per heavy atom. The molecule has 3 saturated heterocycles. The largest absolute Gasteiger partial charge is 0.459 e. The maximum Gasteiger partial charge on any atom is 0.311 e. The van der Waals surface area contributed by atoms with Crippen LogP contribution in [0.3, 0.4) is 0 Å². The Morgan fingerprint density at radius 2 is 1.68 bits per heavy atom. The molecule has 47 heavy (non-hydrogen) atoms. The average Bonchev–Trinajstić information content (AvgIpc) is 3.02. The first kappa shape index (κ1) is 45.2. The summed E-state index contributed by atoms with van der Waals surface area (Å²) in [6, 6.07) is 0.000886. The van der Waals surface area contributed by atoms with Crippen LogP contribution in [-0.2, 0) is 63.9 Å². The molecule has 0 aromatic rings. The molecule has 3 aliphatic heterocycles. The minimum Gasteiger partial charge on any atom is -0.459 e. The number of likely N-dealkylation sites (N-methyl/N-ethyl adjacent to an activating group) is 1. The maximum atomic E-state index is 14.0. The summed E-state index contributed by atoms with van der Waals surface area (Å²) >= 11 is 0. The van der Waals surface area contributed by atoms with Crippen LogP contribution in [0.4, 0.5) is 0 Å². The number of rotatable bonds is 5. The van der Waals surface area contributed by atoms with Crippen LogP contribution in [0, 0.1) is 60.7 Å². The first-order valence-electron chi connectivity index (χ1n) is 16.5. The zero-order chi connectivity index (χ0) is 34.0. The summed E-state index contributed by atoms with van der Waals surface area (Å²) in [5, 5.41) is 11.7. The molecule has 11 nitrogen and oxygen atoms in total. The molecule has 0 saturated carbocycles. The van der Waals surface area contributed by atoms with Crippen molar-refractivity contribution in [3.63, 3.8) is 0 Å². The molecule has 2 bridgehead atoms. The van der Waals surface area contributed by atoms with Crippen molar-refractivity contribution in [3.05, 3.63) is 5.92 Å². The topological polar surface area (TPSA) is 130 Å². The van der Waals surface area contributed by atoms with E-state index in [1.165, 1.54) is 0 Å². The molecule has 0 unspecified atom stereocenters. The van der Waals surface area contributed by atoms with Gasteiger partial charge in [0, 0.05) is 77.0 Å². The van der Waals surface area contributed by atoms with E-state index in [2.05, 4.69) is 4.90 Å². The summed E-state index contributed by atoms with van der Waals surface area (Å²) in [6.07, 6.45) is -2.58. The molecular formula is C34H58NO10UW-. The van der Waals surface area contributed by atoms with Crippen molar-refractivity contribution in [2.24, 2.45) is 23.7 Å². The summed E-state index contributed by atoms with van der Waals surface area (Å²) in [7, 11) is 5.60. The molecule has 3 fully saturated rings. The molecule has 0 aromatic heterocycles. The van der Waals surface area contributed by atoms with Gasteiger partial charge < -0.3 is 49.1 Å². The SMILES string of the molecule is CC[C@H]1OC(=O)[C@H](C)[C@H]2OCC(=O)CO[C@](C)(C[C@@H](C)C(=O)[C-](C)[C@@H](C)[C@]1(C)O)[C@H](O[C@@H]1O[C@H](C)C[C@H](N(C)C)[C@H]1OC)[C@H]2C.[U].[W]. The predicted molar refractivity (Wildman–Crippen MR) is 167 cm³/mol. The second-order valence-electron chi connectivity index (χ2n) is 14.3. The van der Waals surface area contributed by atoms with Crippen LogP contribution in [0.2, 0.25) is 0 Å². The van der Waals surface area contributed by atoms with Crippen molar-refractivity contribution in [3.8, 4) is 0 Å². The van der Waals surface area contributed by atoms with Crippen molar-refractivity contribution in [1.29, 1.82) is 0 Å². The molecule has 3 heterocycles. The molecule has 0 spiro atoms. The number of hydrogen-bond acceptors (Lipinski definition) is 11. The molecular weight excluding hydrogens is 1000 g/mol. The van der Waals surface area contributed by atoms with Crippen LogP contribution >= 0.6 is 0 Å². The second kappa shape index (κ2) is 18.6. The Labute approximate surface area is 320 Å². The quantitative estimate of drug-likeness (QED) is 0.322. The number of carbonyl (C=O) groups excluding carboxylic acids is 3. The van der Waals surface area contributed by atoms with Crippen LogP contribution in [0.1, 0.15) is 81.6 Å². The van der Waals surface area contributed by atoms with Gasteiger partial charge in [0.2, 0.25) is 0 Å². The summed E-state index contributed by atoms with van der Waals surface area (Å²) < 4.78 is 37.8. The molecule has 3 aliphatic rings. The van der Waals surface area contributed by atoms with E-state index >= 15 is 0 Å². The number of aliphatic hydroxyl groups is 1. The van der Waals surface area contributed by atoms with Crippen molar-refractivity contribution >= 4 is 17.5 Å². The van der Waals surface area contributed by atoms with Gasteiger partial charge in [-0.15, -0.1) is 5.92 Å². The number of ketones is 2. The number of methoxy groups -OCH3 is 1. The number of fused-ring (bicyclic) bond motifs is 3. The van der Waals surface area contributed by atoms with Crippen molar-refractivity contribution in [1.82, 2.24) is 4.90 Å². The Morgan fingerprint density at radius 1 is 1.06 bits per heavy atom. The zero-order valence-corrected chi connectivity index (χ0v) is 37.5. The average molecular weight is 1060 g/mol. The number of Topliss-reactive ketones (excluding diaryl/α,β-unsaturated/α-hetero) is 2. The smallest absolute Gasteiger partial charge is 0.311 e. The maximum absolute atomic E-state index is 14.0. The van der Waals surface area contributed by atoms with E-state index in [-0.39, 0.29) is 95.5 Å². The fraction of sp³-hybridized carbons (Fsp3) is 0.882. The van der Waals surface area contributed by atoms with Gasteiger partial charge in [-0.2, -0.15) is 6.92 Å². The molecule has 0 radical (unpaired) electrons. The van der Waals surface area contributed by atoms with Gasteiger partial charge in [0.25, 0.3) is 0 Å². The van der Waals surface area contributed by atoms with Gasteiger partial charge in [-0.3, -0.25) is 9.59 Å². The van der Waals surface area contributed by atoms with Gasteiger partial charge in [0.15, 0.2) is 12.1 Å². The summed E-state index contributed by atoms with van der Waals surface area (Å²) in [6.45, 7) is 15.7. The second-order valence-corrected chi connectivity index (χ2v) is 14.3. The minimum absolute atomic E-state index is 0. The van der Waals surface area contributed by atoms with E-state index in [9.17, 15) is 19.5 Å². The van der Waals surface area contributed by atoms with Crippen LogP contribution in [0.5, 0.6) is 0 Å². The Bertz CT molecular complexity index is 1050. The fourth-order valence-corrected chi connectivity index (χ4v) is 7.54. The molecule has 0 aliphatic carbocycles. The summed E-state index contributed by atoms with van der Waals surface area (Å²) in [4.78, 5) is 42.9. The third-order valence-electron chi connectivity index (χ3n) is 10.6. The van der Waals surface area contributed by atoms with Gasteiger partial charge in [-0.25, -0.2) is 0 Å². The standard InChI is InChI=1S/C34H58NO10.U.W/c1-13-26-34(9,39)23(7)20(4)27(37)18(2)15-33(8)30(45-32-29(40-12)25(35(10)11)14-19(3)43-32)21(5)28(22(6)31(38)44-26)41-16-24(36)17-42-33;;/h18-19,21-23,25-26,28-30,32,39H,13-17H2,1-12H3;;/q-1;;/t18-,19-,21+,22-,23-,25+,26-,28+,29-,30-,32+,33-,34+;;/m1../s1. The Kier molecular flexibility index (Phi) is 17.9. The monoisotopic (exact) mass is 1060 g/mol. The number of cyclic esters (lactones) is 1. The Hall–Kier alpha value is 0.140. The van der Waals surface area contributed by atoms with Crippen LogP contribution < -0.4 is 0 Å². The zero-order valence-electron chi connectivity index (χ0n) is 30.4. The summed E-state index contributed by atoms with van der Waals surface area (Å²) in [5.74, 6) is -3.05. The molecule has 270 valence electrons. The Balaban J connectivity index is 0.00000552. The van der Waals surface area contributed by atoms with E-state index < -0.39 is 71.5 Å². The van der Waals surface area contributed by atoms with Crippen molar-refractivity contribution < 1.29 is 100 Å². The number of hydrogen-bond donors (Lipinski definition) is 1. The van der Waals surface area contributed by atoms with E-state index in [0.717, 1.165) is 6.42 Å². The molecule has 1 N–H and O–H groups in total. The number of nitrogens with zero attached hydrogens (tertiary/aromatic N) is 1. The number of carbonyl (C=O) groups is 3. The first-order valence-corrected chi connectivity index (χ1v) is 16.5. The van der Waals surface area contributed by atoms with Gasteiger partial charge >= 0.3 is 5.97 Å². The minimum atomic E-state index is -1.50. The van der Waals surface area contributed by atoms with Crippen LogP contribution in [0.15, 0.2) is 0 Å². The van der Waals surface area contributed by atoms with E-state index in [1.54, 1.807) is 34.8 Å². The van der Waals surface area contributed by atoms with E-state index in [1.807, 2.05) is 48.7 Å². The molecule has 0 aromatic carbocycles. The van der Waals surface area contributed by atoms with E-state index in [4.69, 9.17) is 28.4 Å². The molecule has 13 heteroatoms. The fourth-order valence-electron chi connectivity index (χ4n) is 7.54. The normalized spacial score (nSPS) is 42.7. The number of ether oxygens (including phenoxy) is 6. The van der Waals surface area contributed by atoms with Gasteiger partial charge in [0.1, 0.15) is 25.4 Å². The third-order valence-corrected chi connectivity index (χ3v) is 10.6. The van der Waals surface area contributed by atoms with Crippen LogP contribution in [-0.4, -0.2) is 116 Å². The third kappa shape index (κ3) is 10.1. The summed E-state index contributed by atoms with van der Waals surface area (Å²) in [5.41, 5.74) is -2.68. The van der Waals surface area contributed by atoms with Crippen molar-refractivity contribution in [2.45, 2.75) is 136 Å². The molecule has 13 atom stereocenters. The molecule has 0 amide bonds. The number of esters is 1. The first-order chi connectivity index (χ1) is 20.9.